The lowest BCUT2D eigenvalue weighted by Gasteiger charge is -2.02. The second-order valence-corrected chi connectivity index (χ2v) is 3.50. The number of aryl methyl sites for hydroxylation is 1. The molecule has 80 valence electrons. The van der Waals surface area contributed by atoms with Gasteiger partial charge in [0.25, 0.3) is 0 Å². The van der Waals surface area contributed by atoms with Gasteiger partial charge in [-0.2, -0.15) is 0 Å². The molecule has 1 rings (SSSR count). The van der Waals surface area contributed by atoms with E-state index in [1.807, 2.05) is 32.1 Å². The minimum atomic E-state index is -0.0142. The van der Waals surface area contributed by atoms with Gasteiger partial charge in [-0.1, -0.05) is 35.9 Å². The van der Waals surface area contributed by atoms with Crippen LogP contribution in [0, 0.1) is 6.92 Å². The lowest BCUT2D eigenvalue weighted by Crippen LogP contribution is -1.97. The summed E-state index contributed by atoms with van der Waals surface area (Å²) in [6.07, 6.45) is 1.82. The Balaban J connectivity index is 2.93. The van der Waals surface area contributed by atoms with Gasteiger partial charge in [-0.05, 0) is 26.3 Å². The molecule has 0 amide bonds. The van der Waals surface area contributed by atoms with Crippen molar-refractivity contribution in [3.63, 3.8) is 0 Å². The van der Waals surface area contributed by atoms with E-state index in [2.05, 4.69) is 24.0 Å². The summed E-state index contributed by atoms with van der Waals surface area (Å²) in [5.74, 6) is 0. The normalized spacial score (nSPS) is 13.1. The third-order valence-corrected chi connectivity index (χ3v) is 2.28. The highest BCUT2D eigenvalue weighted by atomic mass is 16.3. The fraction of sp³-hybridized carbons (Fsp3) is 0.308. The molecule has 0 aliphatic rings. The monoisotopic (exact) mass is 203 g/mol. The van der Waals surface area contributed by atoms with Crippen molar-refractivity contribution in [1.29, 1.82) is 0 Å². The molecule has 0 aliphatic carbocycles. The zero-order chi connectivity index (χ0) is 11.3. The van der Waals surface area contributed by atoms with Crippen LogP contribution < -0.4 is 0 Å². The quantitative estimate of drug-likeness (QED) is 0.753. The topological polar surface area (TPSA) is 32.6 Å². The maximum atomic E-state index is 8.99. The highest BCUT2D eigenvalue weighted by Gasteiger charge is 1.97. The predicted molar refractivity (Wildman–Crippen MR) is 64.2 cm³/mol. The lowest BCUT2D eigenvalue weighted by atomic mass is 10.1. The fourth-order valence-electron chi connectivity index (χ4n) is 1.27. The van der Waals surface area contributed by atoms with Gasteiger partial charge in [-0.15, -0.1) is 0 Å². The smallest absolute Gasteiger partial charge is 0.0849 e. The summed E-state index contributed by atoms with van der Waals surface area (Å²) in [7, 11) is 0. The summed E-state index contributed by atoms with van der Waals surface area (Å²) < 4.78 is 0. The number of nitrogens with zero attached hydrogens (tertiary/aromatic N) is 1. The first kappa shape index (κ1) is 11.7. The van der Waals surface area contributed by atoms with Gasteiger partial charge < -0.3 is 5.11 Å². The third kappa shape index (κ3) is 3.33. The van der Waals surface area contributed by atoms with Crippen LogP contribution in [0.3, 0.4) is 0 Å². The van der Waals surface area contributed by atoms with Crippen molar-refractivity contribution in [2.75, 3.05) is 6.61 Å². The molecule has 2 nitrogen and oxygen atoms in total. The lowest BCUT2D eigenvalue weighted by molar-refractivity contribution is 0.330. The Hall–Kier alpha value is -1.41. The molecule has 0 fully saturated rings. The largest absolute Gasteiger partial charge is 0.390 e. The molecule has 1 aromatic rings. The van der Waals surface area contributed by atoms with Crippen LogP contribution in [0.25, 0.3) is 0 Å². The predicted octanol–water partition coefficient (Wildman–Crippen LogP) is 2.70. The number of aliphatic hydroxyl groups is 1. The van der Waals surface area contributed by atoms with Crippen LogP contribution in [0.4, 0.5) is 0 Å². The van der Waals surface area contributed by atoms with E-state index in [9.17, 15) is 0 Å². The molecule has 0 saturated carbocycles. The number of hydrogen-bond acceptors (Lipinski definition) is 2. The van der Waals surface area contributed by atoms with Crippen LogP contribution in [0.5, 0.6) is 0 Å². The molecule has 0 saturated heterocycles. The first-order valence-electron chi connectivity index (χ1n) is 5.05. The maximum Gasteiger partial charge on any atom is 0.0849 e. The summed E-state index contributed by atoms with van der Waals surface area (Å²) >= 11 is 0. The van der Waals surface area contributed by atoms with Crippen molar-refractivity contribution >= 4 is 5.71 Å². The molecule has 1 N–H and O–H groups in total. The molecule has 0 unspecified atom stereocenters. The Bertz CT molecular complexity index is 374. The molecule has 2 heteroatoms. The molecular formula is C13H17NO. The zero-order valence-electron chi connectivity index (χ0n) is 9.49. The van der Waals surface area contributed by atoms with Gasteiger partial charge in [-0.3, -0.25) is 4.99 Å². The van der Waals surface area contributed by atoms with Crippen molar-refractivity contribution in [3.05, 3.63) is 47.2 Å². The average molecular weight is 203 g/mol. The maximum absolute atomic E-state index is 8.99. The molecule has 15 heavy (non-hydrogen) atoms. The van der Waals surface area contributed by atoms with E-state index in [1.54, 1.807) is 0 Å². The van der Waals surface area contributed by atoms with Crippen molar-refractivity contribution < 1.29 is 5.11 Å². The van der Waals surface area contributed by atoms with Crippen LogP contribution in [0.15, 0.2) is 41.0 Å². The van der Waals surface area contributed by atoms with E-state index in [1.165, 1.54) is 5.56 Å². The van der Waals surface area contributed by atoms with Gasteiger partial charge in [0, 0.05) is 5.71 Å². The van der Waals surface area contributed by atoms with Crippen molar-refractivity contribution in [2.45, 2.75) is 20.8 Å². The Morgan fingerprint density at radius 1 is 1.33 bits per heavy atom. The van der Waals surface area contributed by atoms with Gasteiger partial charge in [0.05, 0.1) is 12.3 Å². The average Bonchev–Trinajstić information content (AvgIpc) is 2.26. The third-order valence-electron chi connectivity index (χ3n) is 2.28. The molecule has 0 bridgehead atoms. The van der Waals surface area contributed by atoms with E-state index in [0.29, 0.717) is 5.70 Å². The van der Waals surface area contributed by atoms with Crippen molar-refractivity contribution in [3.8, 4) is 0 Å². The van der Waals surface area contributed by atoms with Crippen LogP contribution in [0.1, 0.15) is 25.0 Å². The van der Waals surface area contributed by atoms with Gasteiger partial charge in [0.1, 0.15) is 0 Å². The molecule has 0 aliphatic heterocycles. The van der Waals surface area contributed by atoms with Gasteiger partial charge in [0.2, 0.25) is 0 Å². The Morgan fingerprint density at radius 3 is 2.40 bits per heavy atom. The number of benzene rings is 1. The van der Waals surface area contributed by atoms with E-state index >= 15 is 0 Å². The summed E-state index contributed by atoms with van der Waals surface area (Å²) in [5, 5.41) is 8.99. The molecule has 0 radical (unpaired) electrons. The highest BCUT2D eigenvalue weighted by molar-refractivity contribution is 5.99. The minimum absolute atomic E-state index is 0.0142. The van der Waals surface area contributed by atoms with E-state index < -0.39 is 0 Å². The number of aliphatic hydroxyl groups excluding tert-OH is 1. The summed E-state index contributed by atoms with van der Waals surface area (Å²) in [4.78, 5) is 4.34. The first-order valence-corrected chi connectivity index (χ1v) is 5.05. The minimum Gasteiger partial charge on any atom is -0.390 e. The number of rotatable bonds is 3. The first-order chi connectivity index (χ1) is 7.17. The van der Waals surface area contributed by atoms with Crippen LogP contribution in [-0.2, 0) is 0 Å². The Kier molecular flexibility index (Phi) is 4.25. The van der Waals surface area contributed by atoms with Crippen molar-refractivity contribution in [2.24, 2.45) is 4.99 Å². The molecule has 0 spiro atoms. The molecular weight excluding hydrogens is 186 g/mol. The SMILES string of the molecule is C/C=C(CO)\N=C(/C)c1ccc(C)cc1. The zero-order valence-corrected chi connectivity index (χ0v) is 9.49. The van der Waals surface area contributed by atoms with Gasteiger partial charge in [0.15, 0.2) is 0 Å². The fourth-order valence-corrected chi connectivity index (χ4v) is 1.27. The van der Waals surface area contributed by atoms with Crippen LogP contribution in [0.2, 0.25) is 0 Å². The Morgan fingerprint density at radius 2 is 1.93 bits per heavy atom. The molecule has 0 heterocycles. The molecule has 1 aromatic carbocycles. The second kappa shape index (κ2) is 5.47. The van der Waals surface area contributed by atoms with Crippen LogP contribution >= 0.6 is 0 Å². The van der Waals surface area contributed by atoms with Gasteiger partial charge in [-0.25, -0.2) is 0 Å². The van der Waals surface area contributed by atoms with Gasteiger partial charge >= 0.3 is 0 Å². The summed E-state index contributed by atoms with van der Waals surface area (Å²) in [5.41, 5.74) is 3.96. The summed E-state index contributed by atoms with van der Waals surface area (Å²) in [6.45, 7) is 5.86. The van der Waals surface area contributed by atoms with E-state index in [0.717, 1.165) is 11.3 Å². The Labute approximate surface area is 91.0 Å². The van der Waals surface area contributed by atoms with E-state index in [4.69, 9.17) is 5.11 Å². The standard InChI is InChI=1S/C13H17NO/c1-4-13(9-15)14-11(3)12-7-5-10(2)6-8-12/h4-8,15H,9H2,1-3H3/b13-4-,14-11+. The number of allylic oxidation sites excluding steroid dienone is 1. The second-order valence-electron chi connectivity index (χ2n) is 3.50. The van der Waals surface area contributed by atoms with E-state index in [-0.39, 0.29) is 6.61 Å². The molecule has 0 atom stereocenters. The number of hydrogen-bond donors (Lipinski definition) is 1. The molecule has 0 aromatic heterocycles. The summed E-state index contributed by atoms with van der Waals surface area (Å²) in [6, 6.07) is 8.20. The van der Waals surface area contributed by atoms with Crippen LogP contribution in [-0.4, -0.2) is 17.4 Å². The number of aliphatic imine (C=N–C) groups is 1. The van der Waals surface area contributed by atoms with Crippen molar-refractivity contribution in [1.82, 2.24) is 0 Å². The highest BCUT2D eigenvalue weighted by Crippen LogP contribution is 2.07.